The molecule has 328 valence electrons. The molecule has 1 unspecified atom stereocenters. The molecule has 0 N–H and O–H groups in total. The molecule has 57 heavy (non-hydrogen) atoms. The van der Waals surface area contributed by atoms with Gasteiger partial charge < -0.3 is 14.2 Å². The highest BCUT2D eigenvalue weighted by atomic mass is 16.6. The number of esters is 3. The summed E-state index contributed by atoms with van der Waals surface area (Å²) in [4.78, 5) is 37.8. The maximum atomic E-state index is 12.7. The largest absolute Gasteiger partial charge is 0.462 e. The van der Waals surface area contributed by atoms with E-state index in [9.17, 15) is 14.4 Å². The first-order valence-electron chi connectivity index (χ1n) is 23.8. The zero-order chi connectivity index (χ0) is 41.5. The van der Waals surface area contributed by atoms with E-state index in [2.05, 4.69) is 81.5 Å². The zero-order valence-corrected chi connectivity index (χ0v) is 37.3. The Hall–Kier alpha value is -2.89. The Labute approximate surface area is 351 Å². The van der Waals surface area contributed by atoms with Crippen molar-refractivity contribution in [3.63, 3.8) is 0 Å². The molecule has 0 rings (SSSR count). The third kappa shape index (κ3) is 44.1. The van der Waals surface area contributed by atoms with Crippen LogP contribution in [0.2, 0.25) is 0 Å². The van der Waals surface area contributed by atoms with Crippen molar-refractivity contribution < 1.29 is 28.6 Å². The first kappa shape index (κ1) is 54.1. The highest BCUT2D eigenvalue weighted by Gasteiger charge is 2.19. The number of unbranched alkanes of at least 4 members (excludes halogenated alkanes) is 21. The standard InChI is InChI=1S/C51H88O6/c1-4-7-10-13-16-19-22-24-25-26-28-29-32-35-38-41-44-50(53)56-47-48(46-55-49(52)43-40-37-34-31-21-18-15-12-9-6-3)57-51(54)45-42-39-36-33-30-27-23-20-17-14-11-8-5-2/h8,11,17,19-20,22,25-27,30,48H,4-7,9-10,12-16,18,21,23-24,28-29,31-47H2,1-3H3/b11-8-,20-17-,22-19-,26-25-,30-27-. The minimum Gasteiger partial charge on any atom is -0.462 e. The number of hydrogen-bond donors (Lipinski definition) is 0. The highest BCUT2D eigenvalue weighted by Crippen LogP contribution is 2.13. The van der Waals surface area contributed by atoms with Gasteiger partial charge in [-0.25, -0.2) is 0 Å². The molecule has 0 saturated carbocycles. The topological polar surface area (TPSA) is 78.9 Å². The molecular formula is C51H88O6. The van der Waals surface area contributed by atoms with Crippen molar-refractivity contribution in [1.82, 2.24) is 0 Å². The second-order valence-electron chi connectivity index (χ2n) is 15.6. The summed E-state index contributed by atoms with van der Waals surface area (Å²) in [5.74, 6) is -0.936. The zero-order valence-electron chi connectivity index (χ0n) is 37.3. The van der Waals surface area contributed by atoms with Crippen LogP contribution in [0.3, 0.4) is 0 Å². The predicted octanol–water partition coefficient (Wildman–Crippen LogP) is 15.3. The van der Waals surface area contributed by atoms with E-state index < -0.39 is 6.10 Å². The fraction of sp³-hybridized carbons (Fsp3) is 0.745. The van der Waals surface area contributed by atoms with Crippen LogP contribution in [0.25, 0.3) is 0 Å². The molecule has 0 spiro atoms. The molecule has 1 atom stereocenters. The SMILES string of the molecule is CC/C=C\C/C=C\C/C=C\CCCCCC(=O)OC(COC(=O)CCCCCCC/C=C\C/C=C\CCCCCC)COC(=O)CCCCCCCCCCCC. The average molecular weight is 797 g/mol. The molecule has 0 aromatic heterocycles. The van der Waals surface area contributed by atoms with Gasteiger partial charge in [-0.1, -0.05) is 184 Å². The minimum absolute atomic E-state index is 0.0898. The van der Waals surface area contributed by atoms with E-state index in [1.54, 1.807) is 0 Å². The second kappa shape index (κ2) is 45.8. The molecule has 0 radical (unpaired) electrons. The van der Waals surface area contributed by atoms with Gasteiger partial charge in [0, 0.05) is 19.3 Å². The quantitative estimate of drug-likeness (QED) is 0.0265. The molecule has 0 aromatic rings. The number of carbonyl (C=O) groups is 3. The minimum atomic E-state index is -0.791. The van der Waals surface area contributed by atoms with Crippen molar-refractivity contribution in [2.45, 2.75) is 232 Å². The van der Waals surface area contributed by atoms with Crippen LogP contribution >= 0.6 is 0 Å². The number of ether oxygens (including phenoxy) is 3. The van der Waals surface area contributed by atoms with E-state index in [1.807, 2.05) is 0 Å². The maximum absolute atomic E-state index is 12.7. The number of rotatable bonds is 42. The second-order valence-corrected chi connectivity index (χ2v) is 15.6. The summed E-state index contributed by atoms with van der Waals surface area (Å²) in [6.45, 7) is 6.45. The molecule has 0 aliphatic heterocycles. The van der Waals surface area contributed by atoms with Crippen molar-refractivity contribution in [2.75, 3.05) is 13.2 Å². The Balaban J connectivity index is 4.42. The summed E-state index contributed by atoms with van der Waals surface area (Å²) in [7, 11) is 0. The molecule has 0 heterocycles. The molecule has 6 nitrogen and oxygen atoms in total. The highest BCUT2D eigenvalue weighted by molar-refractivity contribution is 5.71. The number of allylic oxidation sites excluding steroid dienone is 10. The molecule has 6 heteroatoms. The van der Waals surface area contributed by atoms with Crippen LogP contribution in [0.4, 0.5) is 0 Å². The molecule has 0 aromatic carbocycles. The Bertz CT molecular complexity index is 1050. The predicted molar refractivity (Wildman–Crippen MR) is 242 cm³/mol. The molecule has 0 fully saturated rings. The summed E-state index contributed by atoms with van der Waals surface area (Å²) < 4.78 is 16.7. The van der Waals surface area contributed by atoms with Gasteiger partial charge >= 0.3 is 17.9 Å². The lowest BCUT2D eigenvalue weighted by Crippen LogP contribution is -2.30. The van der Waals surface area contributed by atoms with Gasteiger partial charge in [-0.05, 0) is 83.5 Å². The molecule has 0 amide bonds. The van der Waals surface area contributed by atoms with Gasteiger partial charge in [0.05, 0.1) is 0 Å². The van der Waals surface area contributed by atoms with Crippen LogP contribution in [0.5, 0.6) is 0 Å². The van der Waals surface area contributed by atoms with Crippen molar-refractivity contribution in [3.8, 4) is 0 Å². The smallest absolute Gasteiger partial charge is 0.306 e. The van der Waals surface area contributed by atoms with Gasteiger partial charge in [-0.2, -0.15) is 0 Å². The van der Waals surface area contributed by atoms with E-state index in [0.29, 0.717) is 19.3 Å². The molecule has 0 aliphatic rings. The maximum Gasteiger partial charge on any atom is 0.306 e. The van der Waals surface area contributed by atoms with E-state index in [4.69, 9.17) is 14.2 Å². The Morgan fingerprint density at radius 1 is 0.368 bits per heavy atom. The van der Waals surface area contributed by atoms with Crippen molar-refractivity contribution in [1.29, 1.82) is 0 Å². The lowest BCUT2D eigenvalue weighted by atomic mass is 10.1. The molecular weight excluding hydrogens is 709 g/mol. The summed E-state index contributed by atoms with van der Waals surface area (Å²) in [6, 6.07) is 0. The first-order valence-corrected chi connectivity index (χ1v) is 23.8. The summed E-state index contributed by atoms with van der Waals surface area (Å²) in [5.41, 5.74) is 0. The number of hydrogen-bond acceptors (Lipinski definition) is 6. The van der Waals surface area contributed by atoms with Crippen molar-refractivity contribution in [2.24, 2.45) is 0 Å². The van der Waals surface area contributed by atoms with Gasteiger partial charge in [0.2, 0.25) is 0 Å². The van der Waals surface area contributed by atoms with Gasteiger partial charge in [0.25, 0.3) is 0 Å². The van der Waals surface area contributed by atoms with Crippen LogP contribution in [-0.4, -0.2) is 37.2 Å². The Kier molecular flexibility index (Phi) is 43.5. The van der Waals surface area contributed by atoms with Gasteiger partial charge in [0.15, 0.2) is 6.10 Å². The van der Waals surface area contributed by atoms with E-state index >= 15 is 0 Å². The Morgan fingerprint density at radius 2 is 0.684 bits per heavy atom. The van der Waals surface area contributed by atoms with Crippen LogP contribution in [0.15, 0.2) is 60.8 Å². The number of carbonyl (C=O) groups excluding carboxylic acids is 3. The van der Waals surface area contributed by atoms with Crippen molar-refractivity contribution in [3.05, 3.63) is 60.8 Å². The van der Waals surface area contributed by atoms with E-state index in [-0.39, 0.29) is 31.1 Å². The average Bonchev–Trinajstić information content (AvgIpc) is 3.21. The third-order valence-corrected chi connectivity index (χ3v) is 10.0. The summed E-state index contributed by atoms with van der Waals surface area (Å²) in [6.07, 6.45) is 54.9. The van der Waals surface area contributed by atoms with Crippen LogP contribution in [0.1, 0.15) is 226 Å². The van der Waals surface area contributed by atoms with Gasteiger partial charge in [-0.3, -0.25) is 14.4 Å². The molecule has 0 saturated heterocycles. The van der Waals surface area contributed by atoms with E-state index in [1.165, 1.54) is 83.5 Å². The Morgan fingerprint density at radius 3 is 1.11 bits per heavy atom. The van der Waals surface area contributed by atoms with Gasteiger partial charge in [-0.15, -0.1) is 0 Å². The summed E-state index contributed by atoms with van der Waals surface area (Å²) in [5, 5.41) is 0. The monoisotopic (exact) mass is 797 g/mol. The normalized spacial score (nSPS) is 12.5. The third-order valence-electron chi connectivity index (χ3n) is 10.0. The fourth-order valence-corrected chi connectivity index (χ4v) is 6.43. The van der Waals surface area contributed by atoms with Crippen LogP contribution in [-0.2, 0) is 28.6 Å². The van der Waals surface area contributed by atoms with Crippen LogP contribution in [0, 0.1) is 0 Å². The van der Waals surface area contributed by atoms with Crippen molar-refractivity contribution >= 4 is 17.9 Å². The molecule has 0 aliphatic carbocycles. The lowest BCUT2D eigenvalue weighted by molar-refractivity contribution is -0.167. The summed E-state index contributed by atoms with van der Waals surface area (Å²) >= 11 is 0. The van der Waals surface area contributed by atoms with Crippen LogP contribution < -0.4 is 0 Å². The van der Waals surface area contributed by atoms with E-state index in [0.717, 1.165) is 103 Å². The van der Waals surface area contributed by atoms with Gasteiger partial charge in [0.1, 0.15) is 13.2 Å². The lowest BCUT2D eigenvalue weighted by Gasteiger charge is -2.18. The first-order chi connectivity index (χ1) is 28.0. The fourth-order valence-electron chi connectivity index (χ4n) is 6.43. The molecule has 0 bridgehead atoms.